The Hall–Kier alpha value is -1.06. The first-order valence-corrected chi connectivity index (χ1v) is 8.36. The molecule has 2 aliphatic carbocycles. The standard InChI is InChI=1S/C18H27NO2/c1-20-18-10-7-14(12-19-16-8-9-16)11-15(18)13-21-17-5-3-2-4-6-17/h7,10-11,16-17,19H,2-6,8-9,12-13H2,1H3. The van der Waals surface area contributed by atoms with E-state index in [0.29, 0.717) is 12.7 Å². The second kappa shape index (κ2) is 7.28. The second-order valence-corrected chi connectivity index (χ2v) is 6.37. The largest absolute Gasteiger partial charge is 0.496 e. The third-order valence-corrected chi connectivity index (χ3v) is 4.54. The molecular weight excluding hydrogens is 262 g/mol. The first-order valence-electron chi connectivity index (χ1n) is 8.36. The van der Waals surface area contributed by atoms with E-state index in [1.54, 1.807) is 7.11 Å². The maximum atomic E-state index is 6.10. The molecule has 21 heavy (non-hydrogen) atoms. The van der Waals surface area contributed by atoms with E-state index in [9.17, 15) is 0 Å². The minimum Gasteiger partial charge on any atom is -0.496 e. The number of hydrogen-bond acceptors (Lipinski definition) is 3. The zero-order valence-electron chi connectivity index (χ0n) is 13.1. The van der Waals surface area contributed by atoms with Crippen LogP contribution >= 0.6 is 0 Å². The number of ether oxygens (including phenoxy) is 2. The van der Waals surface area contributed by atoms with E-state index in [2.05, 4.69) is 23.5 Å². The molecule has 2 fully saturated rings. The molecule has 0 radical (unpaired) electrons. The number of methoxy groups -OCH3 is 1. The smallest absolute Gasteiger partial charge is 0.124 e. The summed E-state index contributed by atoms with van der Waals surface area (Å²) in [6.07, 6.45) is 9.51. The normalized spacial score (nSPS) is 19.7. The van der Waals surface area contributed by atoms with Gasteiger partial charge in [0, 0.05) is 18.2 Å². The molecule has 1 aromatic rings. The molecule has 0 saturated heterocycles. The summed E-state index contributed by atoms with van der Waals surface area (Å²) in [6, 6.07) is 7.20. The zero-order valence-corrected chi connectivity index (χ0v) is 13.1. The Labute approximate surface area is 128 Å². The maximum Gasteiger partial charge on any atom is 0.124 e. The van der Waals surface area contributed by atoms with Crippen LogP contribution in [-0.4, -0.2) is 19.3 Å². The van der Waals surface area contributed by atoms with Gasteiger partial charge in [-0.05, 0) is 43.4 Å². The summed E-state index contributed by atoms with van der Waals surface area (Å²) in [6.45, 7) is 1.62. The molecule has 3 heteroatoms. The highest BCUT2D eigenvalue weighted by Gasteiger charge is 2.20. The first-order chi connectivity index (χ1) is 10.3. The van der Waals surface area contributed by atoms with Crippen molar-refractivity contribution in [2.45, 2.75) is 70.2 Å². The fraction of sp³-hybridized carbons (Fsp3) is 0.667. The van der Waals surface area contributed by atoms with Gasteiger partial charge in [-0.1, -0.05) is 25.3 Å². The van der Waals surface area contributed by atoms with E-state index < -0.39 is 0 Å². The van der Waals surface area contributed by atoms with Gasteiger partial charge in [0.2, 0.25) is 0 Å². The van der Waals surface area contributed by atoms with Gasteiger partial charge in [0.05, 0.1) is 19.8 Å². The van der Waals surface area contributed by atoms with Crippen LogP contribution in [0.3, 0.4) is 0 Å². The van der Waals surface area contributed by atoms with Crippen molar-refractivity contribution in [3.63, 3.8) is 0 Å². The van der Waals surface area contributed by atoms with Crippen LogP contribution < -0.4 is 10.1 Å². The molecule has 2 saturated carbocycles. The third-order valence-electron chi connectivity index (χ3n) is 4.54. The van der Waals surface area contributed by atoms with Crippen LogP contribution in [0.15, 0.2) is 18.2 Å². The highest BCUT2D eigenvalue weighted by Crippen LogP contribution is 2.26. The predicted molar refractivity (Wildman–Crippen MR) is 84.5 cm³/mol. The van der Waals surface area contributed by atoms with Crippen molar-refractivity contribution < 1.29 is 9.47 Å². The number of benzene rings is 1. The van der Waals surface area contributed by atoms with Crippen LogP contribution in [-0.2, 0) is 17.9 Å². The lowest BCUT2D eigenvalue weighted by Gasteiger charge is -2.22. The number of hydrogen-bond donors (Lipinski definition) is 1. The van der Waals surface area contributed by atoms with Crippen LogP contribution in [0.1, 0.15) is 56.1 Å². The monoisotopic (exact) mass is 289 g/mol. The van der Waals surface area contributed by atoms with Crippen LogP contribution in [0.4, 0.5) is 0 Å². The summed E-state index contributed by atoms with van der Waals surface area (Å²) in [7, 11) is 1.74. The van der Waals surface area contributed by atoms with Gasteiger partial charge in [-0.3, -0.25) is 0 Å². The maximum absolute atomic E-state index is 6.10. The molecular formula is C18H27NO2. The summed E-state index contributed by atoms with van der Waals surface area (Å²) in [4.78, 5) is 0. The van der Waals surface area contributed by atoms with Gasteiger partial charge in [-0.25, -0.2) is 0 Å². The van der Waals surface area contributed by atoms with Gasteiger partial charge >= 0.3 is 0 Å². The Bertz CT molecular complexity index is 451. The van der Waals surface area contributed by atoms with Gasteiger partial charge < -0.3 is 14.8 Å². The number of rotatable bonds is 7. The molecule has 0 heterocycles. The van der Waals surface area contributed by atoms with Crippen LogP contribution in [0.2, 0.25) is 0 Å². The van der Waals surface area contributed by atoms with Crippen molar-refractivity contribution in [1.82, 2.24) is 5.32 Å². The van der Waals surface area contributed by atoms with Crippen molar-refractivity contribution in [3.8, 4) is 5.75 Å². The lowest BCUT2D eigenvalue weighted by atomic mass is 9.98. The zero-order chi connectivity index (χ0) is 14.5. The summed E-state index contributed by atoms with van der Waals surface area (Å²) >= 11 is 0. The van der Waals surface area contributed by atoms with Crippen molar-refractivity contribution in [2.75, 3.05) is 7.11 Å². The van der Waals surface area contributed by atoms with E-state index in [-0.39, 0.29) is 0 Å². The third kappa shape index (κ3) is 4.45. The van der Waals surface area contributed by atoms with Gasteiger partial charge in [-0.15, -0.1) is 0 Å². The van der Waals surface area contributed by atoms with E-state index in [4.69, 9.17) is 9.47 Å². The van der Waals surface area contributed by atoms with Crippen LogP contribution in [0.25, 0.3) is 0 Å². The molecule has 1 N–H and O–H groups in total. The van der Waals surface area contributed by atoms with E-state index in [1.807, 2.05) is 0 Å². The van der Waals surface area contributed by atoms with Crippen molar-refractivity contribution >= 4 is 0 Å². The summed E-state index contributed by atoms with van der Waals surface area (Å²) < 4.78 is 11.6. The molecule has 1 aromatic carbocycles. The van der Waals surface area contributed by atoms with Gasteiger partial charge in [-0.2, -0.15) is 0 Å². The molecule has 0 atom stereocenters. The highest BCUT2D eigenvalue weighted by atomic mass is 16.5. The lowest BCUT2D eigenvalue weighted by molar-refractivity contribution is 0.0160. The Balaban J connectivity index is 1.58. The van der Waals surface area contributed by atoms with E-state index in [1.165, 1.54) is 56.1 Å². The molecule has 116 valence electrons. The quantitative estimate of drug-likeness (QED) is 0.828. The molecule has 0 aliphatic heterocycles. The molecule has 3 nitrogen and oxygen atoms in total. The molecule has 0 bridgehead atoms. The molecule has 0 aromatic heterocycles. The topological polar surface area (TPSA) is 30.5 Å². The SMILES string of the molecule is COc1ccc(CNC2CC2)cc1COC1CCCCC1. The van der Waals surface area contributed by atoms with Crippen LogP contribution in [0, 0.1) is 0 Å². The molecule has 3 rings (SSSR count). The Morgan fingerprint density at radius 3 is 2.62 bits per heavy atom. The minimum absolute atomic E-state index is 0.441. The average Bonchev–Trinajstić information content (AvgIpc) is 3.36. The molecule has 0 unspecified atom stereocenters. The van der Waals surface area contributed by atoms with E-state index >= 15 is 0 Å². The lowest BCUT2D eigenvalue weighted by Crippen LogP contribution is -2.17. The minimum atomic E-state index is 0.441. The fourth-order valence-corrected chi connectivity index (χ4v) is 3.04. The fourth-order valence-electron chi connectivity index (χ4n) is 3.04. The molecule has 2 aliphatic rings. The van der Waals surface area contributed by atoms with Crippen molar-refractivity contribution in [2.24, 2.45) is 0 Å². The Morgan fingerprint density at radius 2 is 1.90 bits per heavy atom. The van der Waals surface area contributed by atoms with E-state index in [0.717, 1.165) is 18.3 Å². The van der Waals surface area contributed by atoms with Gasteiger partial charge in [0.15, 0.2) is 0 Å². The summed E-state index contributed by atoms with van der Waals surface area (Å²) in [5.74, 6) is 0.945. The second-order valence-electron chi connectivity index (χ2n) is 6.37. The Kier molecular flexibility index (Phi) is 5.15. The Morgan fingerprint density at radius 1 is 1.10 bits per heavy atom. The summed E-state index contributed by atoms with van der Waals surface area (Å²) in [5.41, 5.74) is 2.50. The van der Waals surface area contributed by atoms with Gasteiger partial charge in [0.25, 0.3) is 0 Å². The molecule has 0 spiro atoms. The first kappa shape index (κ1) is 14.9. The van der Waals surface area contributed by atoms with Crippen LogP contribution in [0.5, 0.6) is 5.75 Å². The number of nitrogens with one attached hydrogen (secondary N) is 1. The molecule has 0 amide bonds. The van der Waals surface area contributed by atoms with Gasteiger partial charge in [0.1, 0.15) is 5.75 Å². The van der Waals surface area contributed by atoms with Crippen molar-refractivity contribution in [1.29, 1.82) is 0 Å². The van der Waals surface area contributed by atoms with Crippen molar-refractivity contribution in [3.05, 3.63) is 29.3 Å². The predicted octanol–water partition coefficient (Wildman–Crippen LogP) is 3.80. The average molecular weight is 289 g/mol. The summed E-state index contributed by atoms with van der Waals surface area (Å²) in [5, 5.41) is 3.56. The highest BCUT2D eigenvalue weighted by molar-refractivity contribution is 5.37.